The third kappa shape index (κ3) is 13.2. The fraction of sp³-hybridized carbons (Fsp3) is 0.435. The van der Waals surface area contributed by atoms with E-state index in [1.54, 1.807) is 0 Å². The largest absolute Gasteiger partial charge is 0.490 e. The Balaban J connectivity index is 1.49. The zero-order valence-corrected chi connectivity index (χ0v) is 28.3. The fourth-order valence-corrected chi connectivity index (χ4v) is 7.26. The van der Waals surface area contributed by atoms with Crippen LogP contribution in [0.2, 0.25) is 0 Å². The molecule has 0 spiro atoms. The fourth-order valence-electron chi connectivity index (χ4n) is 4.23. The molecule has 8 N–H and O–H groups in total. The van der Waals surface area contributed by atoms with Gasteiger partial charge in [0.2, 0.25) is 5.91 Å². The quantitative estimate of drug-likeness (QED) is 0.0346. The van der Waals surface area contributed by atoms with Crippen molar-refractivity contribution in [3.8, 4) is 11.8 Å². The molecule has 1 saturated heterocycles. The van der Waals surface area contributed by atoms with E-state index in [1.807, 2.05) is 4.98 Å². The molecule has 0 aliphatic carbocycles. The monoisotopic (exact) mass is 786 g/mol. The van der Waals surface area contributed by atoms with Gasteiger partial charge in [-0.15, -0.1) is 0 Å². The summed E-state index contributed by atoms with van der Waals surface area (Å²) in [5.74, 6) is 4.57. The number of ether oxygens (including phenoxy) is 1. The summed E-state index contributed by atoms with van der Waals surface area (Å²) in [6.45, 7) is -0.989. The van der Waals surface area contributed by atoms with E-state index in [-0.39, 0.29) is 37.2 Å². The van der Waals surface area contributed by atoms with Crippen molar-refractivity contribution in [2.24, 2.45) is 0 Å². The number of nitro benzene ring substituents is 2. The van der Waals surface area contributed by atoms with E-state index in [4.69, 9.17) is 14.5 Å². The van der Waals surface area contributed by atoms with Gasteiger partial charge in [-0.2, -0.15) is 8.62 Å². The normalized spacial score (nSPS) is 19.6. The molecule has 1 fully saturated rings. The topological polar surface area (TPSA) is 372 Å². The maximum absolute atomic E-state index is 12.4. The number of anilines is 1. The van der Waals surface area contributed by atoms with E-state index in [0.29, 0.717) is 12.8 Å². The minimum atomic E-state index is -5.79. The molecule has 1 aliphatic rings. The SMILES string of the molecule is O=C(CCCCNc1ccc([N+](=O)[O-])cc1[N+](=O)[O-])NCC#Cc1cn([C@H]2C[C@H](O)[C@@H](COP(=O)(O)OP(=O)(O)OP(=O)(O)O)O2)c(=O)[nH]c1=O. The van der Waals surface area contributed by atoms with Gasteiger partial charge >= 0.3 is 29.2 Å². The summed E-state index contributed by atoms with van der Waals surface area (Å²) in [6, 6.07) is 3.16. The van der Waals surface area contributed by atoms with Gasteiger partial charge in [0.1, 0.15) is 23.6 Å². The highest BCUT2D eigenvalue weighted by Gasteiger charge is 2.43. The van der Waals surface area contributed by atoms with Gasteiger partial charge in [0.25, 0.3) is 16.9 Å². The molecule has 2 heterocycles. The minimum Gasteiger partial charge on any atom is -0.390 e. The molecule has 3 rings (SSSR count). The Bertz CT molecular complexity index is 1970. The lowest BCUT2D eigenvalue weighted by Crippen LogP contribution is -2.34. The van der Waals surface area contributed by atoms with E-state index < -0.39 is 86.9 Å². The van der Waals surface area contributed by atoms with Crippen LogP contribution in [-0.4, -0.2) is 81.9 Å². The Hall–Kier alpha value is -4.14. The van der Waals surface area contributed by atoms with Crippen molar-refractivity contribution in [3.63, 3.8) is 0 Å². The summed E-state index contributed by atoms with van der Waals surface area (Å²) < 4.78 is 52.0. The summed E-state index contributed by atoms with van der Waals surface area (Å²) in [5.41, 5.74) is -2.99. The Morgan fingerprint density at radius 1 is 1.08 bits per heavy atom. The van der Waals surface area contributed by atoms with Gasteiger partial charge in [0, 0.05) is 31.6 Å². The van der Waals surface area contributed by atoms with Crippen molar-refractivity contribution in [1.29, 1.82) is 0 Å². The number of carbonyl (C=O) groups is 1. The first-order chi connectivity index (χ1) is 23.7. The Morgan fingerprint density at radius 3 is 2.43 bits per heavy atom. The lowest BCUT2D eigenvalue weighted by molar-refractivity contribution is -0.393. The van der Waals surface area contributed by atoms with Crippen LogP contribution in [-0.2, 0) is 36.4 Å². The number of nitro groups is 2. The number of H-pyrrole nitrogens is 1. The van der Waals surface area contributed by atoms with Gasteiger partial charge in [0.05, 0.1) is 35.2 Å². The smallest absolute Gasteiger partial charge is 0.390 e. The Kier molecular flexibility index (Phi) is 14.1. The van der Waals surface area contributed by atoms with Crippen molar-refractivity contribution in [2.45, 2.75) is 44.1 Å². The number of nitrogens with one attached hydrogen (secondary N) is 3. The lowest BCUT2D eigenvalue weighted by Gasteiger charge is -2.19. The van der Waals surface area contributed by atoms with Gasteiger partial charge in [-0.05, 0) is 18.9 Å². The van der Waals surface area contributed by atoms with Crippen LogP contribution in [0.5, 0.6) is 0 Å². The zero-order chi connectivity index (χ0) is 38.1. The number of aromatic nitrogens is 2. The number of non-ortho nitro benzene ring substituents is 1. The molecule has 25 nitrogen and oxygen atoms in total. The average Bonchev–Trinajstić information content (AvgIpc) is 3.36. The van der Waals surface area contributed by atoms with Gasteiger partial charge in [-0.25, -0.2) is 18.5 Å². The summed E-state index contributed by atoms with van der Waals surface area (Å²) in [4.78, 5) is 95.4. The highest BCUT2D eigenvalue weighted by atomic mass is 31.3. The molecule has 2 aromatic rings. The van der Waals surface area contributed by atoms with Crippen molar-refractivity contribution < 1.29 is 70.9 Å². The second-order valence-corrected chi connectivity index (χ2v) is 14.6. The van der Waals surface area contributed by atoms with Crippen LogP contribution in [0, 0.1) is 32.1 Å². The maximum Gasteiger partial charge on any atom is 0.490 e. The van der Waals surface area contributed by atoms with Crippen molar-refractivity contribution in [2.75, 3.05) is 25.0 Å². The number of aromatic amines is 1. The maximum atomic E-state index is 12.4. The number of benzene rings is 1. The van der Waals surface area contributed by atoms with Crippen molar-refractivity contribution in [3.05, 3.63) is 71.0 Å². The molecule has 28 heteroatoms. The van der Waals surface area contributed by atoms with E-state index in [2.05, 4.69) is 35.6 Å². The molecule has 0 bridgehead atoms. The number of hydrogen-bond acceptors (Lipinski definition) is 16. The van der Waals surface area contributed by atoms with E-state index in [0.717, 1.165) is 22.9 Å². The number of amides is 1. The number of phosphoric acid groups is 3. The van der Waals surface area contributed by atoms with Crippen LogP contribution in [0.1, 0.15) is 37.5 Å². The molecular formula is C23H29N6O19P3. The second kappa shape index (κ2) is 17.4. The van der Waals surface area contributed by atoms with Crippen LogP contribution in [0.3, 0.4) is 0 Å². The van der Waals surface area contributed by atoms with Crippen molar-refractivity contribution >= 4 is 46.4 Å². The van der Waals surface area contributed by atoms with E-state index in [1.165, 1.54) is 6.07 Å². The Labute approximate surface area is 284 Å². The number of unbranched alkanes of at least 4 members (excludes halogenated alkanes) is 1. The molecular weight excluding hydrogens is 757 g/mol. The van der Waals surface area contributed by atoms with Crippen LogP contribution < -0.4 is 21.9 Å². The predicted octanol–water partition coefficient (Wildman–Crippen LogP) is 0.0948. The number of hydrogen-bond donors (Lipinski definition) is 8. The summed E-state index contributed by atoms with van der Waals surface area (Å²) in [5, 5.41) is 37.6. The highest BCUT2D eigenvalue weighted by molar-refractivity contribution is 7.66. The number of aliphatic hydroxyl groups is 1. The van der Waals surface area contributed by atoms with E-state index >= 15 is 0 Å². The molecule has 280 valence electrons. The first-order valence-electron chi connectivity index (χ1n) is 14.1. The number of nitrogens with zero attached hydrogens (tertiary/aromatic N) is 3. The van der Waals surface area contributed by atoms with Crippen LogP contribution in [0.4, 0.5) is 17.1 Å². The van der Waals surface area contributed by atoms with Gasteiger partial charge in [-0.1, -0.05) is 11.8 Å². The average molecular weight is 786 g/mol. The van der Waals surface area contributed by atoms with Crippen LogP contribution >= 0.6 is 23.5 Å². The highest BCUT2D eigenvalue weighted by Crippen LogP contribution is 2.66. The molecule has 1 aromatic heterocycles. The molecule has 5 atom stereocenters. The standard InChI is InChI=1S/C23H29N6O19P3/c30-18-11-21(46-19(18)13-45-50(41,42)48-51(43,44)47-49(38,39)40)27-12-14(22(32)26-23(27)33)4-3-9-25-20(31)5-1-2-8-24-16-7-6-15(28(34)35)10-17(16)29(36)37/h6-7,10,12,18-19,21,24,30H,1-2,5,8-9,11,13H2,(H,25,31)(H,41,42)(H,43,44)(H,26,32,33)(H2,38,39,40)/t18-,19+,21+/m0/s1. The number of carbonyl (C=O) groups excluding carboxylic acids is 1. The summed E-state index contributed by atoms with van der Waals surface area (Å²) in [7, 11) is -16.9. The lowest BCUT2D eigenvalue weighted by atomic mass is 10.2. The molecule has 0 radical (unpaired) electrons. The third-order valence-corrected chi connectivity index (χ3v) is 10.2. The van der Waals surface area contributed by atoms with E-state index in [9.17, 15) is 63.2 Å². The molecule has 1 amide bonds. The second-order valence-electron chi connectivity index (χ2n) is 10.2. The summed E-state index contributed by atoms with van der Waals surface area (Å²) in [6.07, 6.45) is -2.77. The van der Waals surface area contributed by atoms with Gasteiger partial charge < -0.3 is 40.1 Å². The van der Waals surface area contributed by atoms with Crippen LogP contribution in [0.25, 0.3) is 0 Å². The molecule has 0 saturated carbocycles. The predicted molar refractivity (Wildman–Crippen MR) is 168 cm³/mol. The van der Waals surface area contributed by atoms with Gasteiger partial charge in [-0.3, -0.25) is 43.9 Å². The number of rotatable bonds is 17. The summed E-state index contributed by atoms with van der Waals surface area (Å²) >= 11 is 0. The zero-order valence-electron chi connectivity index (χ0n) is 25.6. The molecule has 51 heavy (non-hydrogen) atoms. The number of phosphoric ester groups is 1. The Morgan fingerprint density at radius 2 is 1.78 bits per heavy atom. The first-order valence-corrected chi connectivity index (χ1v) is 18.6. The minimum absolute atomic E-state index is 0.0434. The first kappa shape index (κ1) is 41.3. The third-order valence-electron chi connectivity index (χ3n) is 6.43. The molecule has 1 aromatic carbocycles. The van der Waals surface area contributed by atoms with Crippen LogP contribution in [0.15, 0.2) is 34.0 Å². The molecule has 1 aliphatic heterocycles. The van der Waals surface area contributed by atoms with Crippen molar-refractivity contribution in [1.82, 2.24) is 14.9 Å². The molecule has 2 unspecified atom stereocenters. The van der Waals surface area contributed by atoms with Gasteiger partial charge in [0.15, 0.2) is 0 Å². The number of aliphatic hydroxyl groups excluding tert-OH is 1.